The summed E-state index contributed by atoms with van der Waals surface area (Å²) in [5.74, 6) is -0.485. The quantitative estimate of drug-likeness (QED) is 0.0789. The molecule has 1 fully saturated rings. The van der Waals surface area contributed by atoms with Crippen LogP contribution in [0.1, 0.15) is 121 Å². The topological polar surface area (TPSA) is 151 Å². The summed E-state index contributed by atoms with van der Waals surface area (Å²) in [7, 11) is 0. The molecule has 6 N–H and O–H groups in total. The van der Waals surface area contributed by atoms with E-state index in [-0.39, 0.29) is 30.3 Å². The van der Waals surface area contributed by atoms with Gasteiger partial charge in [0.2, 0.25) is 0 Å². The number of carboxylic acid groups (broad SMARTS) is 1. The molecule has 0 aromatic carbocycles. The molecule has 2 aromatic rings. The highest BCUT2D eigenvalue weighted by atomic mass is 16.4. The Balaban J connectivity index is 1.27. The first-order valence-corrected chi connectivity index (χ1v) is 18.4. The van der Waals surface area contributed by atoms with Crippen molar-refractivity contribution < 1.29 is 25.2 Å². The lowest BCUT2D eigenvalue weighted by Crippen LogP contribution is -2.37. The van der Waals surface area contributed by atoms with E-state index in [0.717, 1.165) is 62.6 Å². The fourth-order valence-electron chi connectivity index (χ4n) is 8.22. The highest BCUT2D eigenvalue weighted by Crippen LogP contribution is 2.46. The fraction of sp³-hybridized carbons (Fsp3) is 0.692. The number of carbonyl (C=O) groups is 1. The van der Waals surface area contributed by atoms with Crippen molar-refractivity contribution >= 4 is 11.8 Å². The zero-order valence-electron chi connectivity index (χ0n) is 28.8. The number of nitrogens with zero attached hydrogens (tertiary/aromatic N) is 2. The molecule has 0 bridgehead atoms. The number of carboxylic acids is 1. The van der Waals surface area contributed by atoms with Crippen LogP contribution in [0.15, 0.2) is 42.7 Å². The van der Waals surface area contributed by atoms with Gasteiger partial charge in [-0.3, -0.25) is 4.79 Å². The number of hydrogen-bond donors (Lipinski definition) is 5. The number of aromatic nitrogens is 2. The molecular weight excluding hydrogens is 590 g/mol. The van der Waals surface area contributed by atoms with Crippen molar-refractivity contribution in [1.29, 1.82) is 0 Å². The number of aliphatic hydroxyl groups is 3. The Bertz CT molecular complexity index is 1260. The predicted molar refractivity (Wildman–Crippen MR) is 187 cm³/mol. The van der Waals surface area contributed by atoms with E-state index in [9.17, 15) is 25.2 Å². The van der Waals surface area contributed by atoms with Crippen LogP contribution in [0.5, 0.6) is 0 Å². The van der Waals surface area contributed by atoms with E-state index in [2.05, 4.69) is 42.0 Å². The van der Waals surface area contributed by atoms with Gasteiger partial charge in [0, 0.05) is 12.1 Å². The van der Waals surface area contributed by atoms with Crippen molar-refractivity contribution in [2.45, 2.75) is 141 Å². The minimum atomic E-state index is -1.02. The third-order valence-electron chi connectivity index (χ3n) is 11.1. The van der Waals surface area contributed by atoms with E-state index in [4.69, 9.17) is 5.73 Å². The summed E-state index contributed by atoms with van der Waals surface area (Å²) >= 11 is 0. The van der Waals surface area contributed by atoms with E-state index < -0.39 is 23.6 Å². The van der Waals surface area contributed by atoms with Gasteiger partial charge in [-0.25, -0.2) is 4.98 Å². The van der Waals surface area contributed by atoms with E-state index in [0.29, 0.717) is 43.8 Å². The number of nitrogen functional groups attached to an aromatic ring is 1. The first-order chi connectivity index (χ1) is 22.6. The van der Waals surface area contributed by atoms with Crippen LogP contribution in [0.25, 0.3) is 0 Å². The molecule has 8 nitrogen and oxygen atoms in total. The Morgan fingerprint density at radius 2 is 1.85 bits per heavy atom. The summed E-state index contributed by atoms with van der Waals surface area (Å²) in [6.45, 7) is 4.31. The van der Waals surface area contributed by atoms with Gasteiger partial charge >= 0.3 is 5.97 Å². The predicted octanol–water partition coefficient (Wildman–Crippen LogP) is 6.65. The van der Waals surface area contributed by atoms with Crippen LogP contribution >= 0.6 is 0 Å². The number of pyridine rings is 1. The molecule has 8 atom stereocenters. The summed E-state index contributed by atoms with van der Waals surface area (Å²) in [6, 6.07) is 5.97. The van der Waals surface area contributed by atoms with Crippen molar-refractivity contribution in [3.63, 3.8) is 0 Å². The average molecular weight is 651 g/mol. The number of aryl methyl sites for hydroxylation is 1. The Hall–Kier alpha value is -2.68. The summed E-state index contributed by atoms with van der Waals surface area (Å²) in [5, 5.41) is 43.9. The summed E-state index contributed by atoms with van der Waals surface area (Å²) in [6.07, 6.45) is 20.6. The van der Waals surface area contributed by atoms with Crippen molar-refractivity contribution in [3.8, 4) is 0 Å². The SMILES string of the molecule is CCCCCC1C=CC(CCCCCC(C(=O)O)C(O)CCC2(O)CC(Cc3ccnc(N)c3)CC2Cc2cc(CC)c[n-]2)C(O)C1. The van der Waals surface area contributed by atoms with Crippen LogP contribution in [0, 0.1) is 29.6 Å². The Morgan fingerprint density at radius 1 is 1.04 bits per heavy atom. The Labute approximate surface area is 282 Å². The van der Waals surface area contributed by atoms with Crippen LogP contribution in [0.2, 0.25) is 0 Å². The minimum absolute atomic E-state index is 0.0300. The van der Waals surface area contributed by atoms with Crippen LogP contribution in [-0.2, 0) is 24.1 Å². The van der Waals surface area contributed by atoms with Gasteiger partial charge in [-0.1, -0.05) is 76.2 Å². The van der Waals surface area contributed by atoms with E-state index in [1.165, 1.54) is 24.8 Å². The first kappa shape index (κ1) is 37.1. The maximum absolute atomic E-state index is 12.2. The van der Waals surface area contributed by atoms with Crippen molar-refractivity contribution in [3.05, 3.63) is 59.6 Å². The van der Waals surface area contributed by atoms with Crippen LogP contribution in [-0.4, -0.2) is 49.2 Å². The fourth-order valence-corrected chi connectivity index (χ4v) is 8.22. The second kappa shape index (κ2) is 18.2. The standard InChI is InChI=1S/C39H60N3O5/c1-3-5-7-10-28-13-14-31(36(44)22-28)11-8-6-9-12-34(38(45)46)35(43)15-17-39(47)25-30(19-29-16-18-41-37(40)23-29)20-32(39)24-33-21-27(4-2)26-42-33/h13-14,16,18,21,23,26,28,30-32,34-36,43-44,47H,3-12,15,17,19-20,22,24-25H2,1-2H3,(H2,40,41)(H,45,46)/q-1. The van der Waals surface area contributed by atoms with Crippen molar-refractivity contribution in [1.82, 2.24) is 9.97 Å². The molecule has 8 heteroatoms. The number of unbranched alkanes of at least 4 members (excludes halogenated alkanes) is 4. The largest absolute Gasteiger partial charge is 0.667 e. The monoisotopic (exact) mass is 650 g/mol. The maximum Gasteiger partial charge on any atom is 0.309 e. The van der Waals surface area contributed by atoms with Gasteiger partial charge in [-0.2, -0.15) is 11.9 Å². The second-order valence-electron chi connectivity index (χ2n) is 14.7. The molecule has 262 valence electrons. The lowest BCUT2D eigenvalue weighted by Gasteiger charge is -2.33. The average Bonchev–Trinajstić information content (AvgIpc) is 3.62. The normalized spacial score (nSPS) is 27.2. The van der Waals surface area contributed by atoms with E-state index in [1.807, 2.05) is 18.3 Å². The van der Waals surface area contributed by atoms with Crippen molar-refractivity contribution in [2.75, 3.05) is 5.73 Å². The minimum Gasteiger partial charge on any atom is -0.667 e. The molecule has 1 saturated carbocycles. The van der Waals surface area contributed by atoms with Gasteiger partial charge in [0.25, 0.3) is 0 Å². The van der Waals surface area contributed by atoms with Gasteiger partial charge in [0.05, 0.1) is 23.7 Å². The molecule has 0 spiro atoms. The number of anilines is 1. The summed E-state index contributed by atoms with van der Waals surface area (Å²) in [4.78, 5) is 20.9. The molecule has 2 aromatic heterocycles. The molecule has 2 heterocycles. The first-order valence-electron chi connectivity index (χ1n) is 18.4. The smallest absolute Gasteiger partial charge is 0.309 e. The highest BCUT2D eigenvalue weighted by molar-refractivity contribution is 5.70. The zero-order chi connectivity index (χ0) is 33.8. The van der Waals surface area contributed by atoms with Crippen LogP contribution in [0.3, 0.4) is 0 Å². The molecule has 2 aliphatic carbocycles. The molecule has 0 saturated heterocycles. The number of aliphatic carboxylic acids is 1. The molecule has 0 aliphatic heterocycles. The van der Waals surface area contributed by atoms with Gasteiger partial charge in [-0.15, -0.1) is 0 Å². The van der Waals surface area contributed by atoms with Crippen LogP contribution < -0.4 is 10.7 Å². The Kier molecular flexibility index (Phi) is 14.4. The van der Waals surface area contributed by atoms with Gasteiger partial charge in [0.15, 0.2) is 0 Å². The number of aliphatic hydroxyl groups excluding tert-OH is 2. The summed E-state index contributed by atoms with van der Waals surface area (Å²) < 4.78 is 0. The van der Waals surface area contributed by atoms with Gasteiger partial charge < -0.3 is 31.1 Å². The van der Waals surface area contributed by atoms with Crippen molar-refractivity contribution in [2.24, 2.45) is 29.6 Å². The molecule has 47 heavy (non-hydrogen) atoms. The molecule has 0 amide bonds. The number of hydrogen-bond acceptors (Lipinski definition) is 6. The highest BCUT2D eigenvalue weighted by Gasteiger charge is 2.45. The molecule has 0 radical (unpaired) electrons. The van der Waals surface area contributed by atoms with Gasteiger partial charge in [0.1, 0.15) is 5.82 Å². The maximum atomic E-state index is 12.2. The van der Waals surface area contributed by atoms with Gasteiger partial charge in [-0.05, 0) is 106 Å². The number of allylic oxidation sites excluding steroid dienone is 1. The van der Waals surface area contributed by atoms with Crippen LogP contribution in [0.4, 0.5) is 5.82 Å². The lowest BCUT2D eigenvalue weighted by atomic mass is 9.80. The molecule has 8 unspecified atom stereocenters. The van der Waals surface area contributed by atoms with E-state index >= 15 is 0 Å². The zero-order valence-corrected chi connectivity index (χ0v) is 28.8. The second-order valence-corrected chi connectivity index (χ2v) is 14.7. The Morgan fingerprint density at radius 3 is 2.55 bits per heavy atom. The summed E-state index contributed by atoms with van der Waals surface area (Å²) in [5.41, 5.74) is 8.16. The third-order valence-corrected chi connectivity index (χ3v) is 11.1. The van der Waals surface area contributed by atoms with E-state index in [1.54, 1.807) is 6.20 Å². The molecular formula is C39H60N3O5-. The molecule has 2 aliphatic rings. The molecule has 4 rings (SSSR count). The lowest BCUT2D eigenvalue weighted by molar-refractivity contribution is -0.146. The third kappa shape index (κ3) is 11.2. The number of rotatable bonds is 20. The number of nitrogens with two attached hydrogens (primary N) is 1.